The number of halogens is 1. The lowest BCUT2D eigenvalue weighted by molar-refractivity contribution is 0.310. The Morgan fingerprint density at radius 3 is 2.36 bits per heavy atom. The van der Waals surface area contributed by atoms with Gasteiger partial charge in [-0.3, -0.25) is 0 Å². The maximum absolute atomic E-state index is 12.6. The second-order valence-electron chi connectivity index (χ2n) is 5.85. The number of nitrogens with one attached hydrogen (secondary N) is 1. The average molecular weight is 366 g/mol. The Hall–Kier alpha value is -0.630. The van der Waals surface area contributed by atoms with Gasteiger partial charge < -0.3 is 0 Å². The van der Waals surface area contributed by atoms with Gasteiger partial charge in [0, 0.05) is 12.3 Å². The summed E-state index contributed by atoms with van der Waals surface area (Å²) in [7, 11) is -7.35. The van der Waals surface area contributed by atoms with Crippen molar-refractivity contribution in [2.75, 3.05) is 6.26 Å². The number of hydrogen-bond acceptors (Lipinski definition) is 4. The van der Waals surface area contributed by atoms with Gasteiger partial charge in [0.05, 0.1) is 9.92 Å². The number of sulfone groups is 1. The Bertz CT molecular complexity index is 759. The first-order chi connectivity index (χ1) is 10.1. The molecular formula is C14H20ClNO4S2. The molecule has 1 aromatic rings. The molecule has 1 N–H and O–H groups in total. The van der Waals surface area contributed by atoms with E-state index >= 15 is 0 Å². The first-order valence-corrected chi connectivity index (χ1v) is 10.9. The molecule has 1 aliphatic rings. The van der Waals surface area contributed by atoms with Crippen molar-refractivity contribution in [3.63, 3.8) is 0 Å². The van der Waals surface area contributed by atoms with E-state index in [9.17, 15) is 16.8 Å². The third-order valence-corrected chi connectivity index (χ3v) is 7.12. The predicted molar refractivity (Wildman–Crippen MR) is 86.3 cm³/mol. The van der Waals surface area contributed by atoms with Crippen LogP contribution < -0.4 is 4.72 Å². The Morgan fingerprint density at radius 1 is 1.14 bits per heavy atom. The van der Waals surface area contributed by atoms with Crippen LogP contribution in [0.25, 0.3) is 0 Å². The van der Waals surface area contributed by atoms with Crippen LogP contribution >= 0.6 is 11.6 Å². The minimum atomic E-state index is -3.85. The molecule has 0 aromatic heterocycles. The normalized spacial score (nSPS) is 23.4. The van der Waals surface area contributed by atoms with Gasteiger partial charge in [-0.1, -0.05) is 31.4 Å². The predicted octanol–water partition coefficient (Wildman–Crippen LogP) is 2.60. The highest BCUT2D eigenvalue weighted by atomic mass is 35.5. The molecule has 0 spiro atoms. The van der Waals surface area contributed by atoms with Crippen molar-refractivity contribution in [2.45, 2.75) is 48.4 Å². The first-order valence-electron chi connectivity index (χ1n) is 7.13. The van der Waals surface area contributed by atoms with Crippen molar-refractivity contribution in [2.24, 2.45) is 5.92 Å². The first kappa shape index (κ1) is 17.7. The molecule has 1 saturated carbocycles. The summed E-state index contributed by atoms with van der Waals surface area (Å²) in [6.07, 6.45) is 4.87. The lowest BCUT2D eigenvalue weighted by Crippen LogP contribution is -2.41. The zero-order chi connectivity index (χ0) is 16.5. The van der Waals surface area contributed by atoms with Crippen molar-refractivity contribution in [3.05, 3.63) is 23.2 Å². The molecule has 0 saturated heterocycles. The minimum absolute atomic E-state index is 0.0170. The molecule has 22 heavy (non-hydrogen) atoms. The zero-order valence-electron chi connectivity index (χ0n) is 12.5. The molecule has 0 bridgehead atoms. The van der Waals surface area contributed by atoms with Gasteiger partial charge in [0.2, 0.25) is 10.0 Å². The van der Waals surface area contributed by atoms with Crippen molar-refractivity contribution >= 4 is 31.5 Å². The summed E-state index contributed by atoms with van der Waals surface area (Å²) in [5.41, 5.74) is 0. The van der Waals surface area contributed by atoms with Gasteiger partial charge in [0.15, 0.2) is 9.84 Å². The quantitative estimate of drug-likeness (QED) is 0.889. The molecule has 5 nitrogen and oxygen atoms in total. The van der Waals surface area contributed by atoms with E-state index in [-0.39, 0.29) is 26.8 Å². The molecule has 1 fully saturated rings. The van der Waals surface area contributed by atoms with E-state index in [1.807, 2.05) is 6.92 Å². The van der Waals surface area contributed by atoms with Crippen LogP contribution in [-0.4, -0.2) is 29.1 Å². The van der Waals surface area contributed by atoms with Crippen LogP contribution in [0.3, 0.4) is 0 Å². The summed E-state index contributed by atoms with van der Waals surface area (Å²) in [6.45, 7) is 2.01. The molecule has 2 atom stereocenters. The van der Waals surface area contributed by atoms with Gasteiger partial charge in [0.25, 0.3) is 0 Å². The molecular weight excluding hydrogens is 346 g/mol. The second-order valence-corrected chi connectivity index (χ2v) is 9.96. The van der Waals surface area contributed by atoms with E-state index in [0.717, 1.165) is 38.0 Å². The molecule has 0 aliphatic heterocycles. The minimum Gasteiger partial charge on any atom is -0.224 e. The molecule has 0 radical (unpaired) electrons. The number of benzene rings is 1. The van der Waals surface area contributed by atoms with Crippen LogP contribution in [0.4, 0.5) is 0 Å². The highest BCUT2D eigenvalue weighted by molar-refractivity contribution is 7.91. The van der Waals surface area contributed by atoms with Crippen LogP contribution in [0.15, 0.2) is 28.0 Å². The van der Waals surface area contributed by atoms with E-state index in [1.54, 1.807) is 0 Å². The number of hydrogen-bond donors (Lipinski definition) is 1. The SMILES string of the molecule is C[C@@H]1CCCC[C@H]1NS(=O)(=O)c1cc(S(C)(=O)=O)ccc1Cl. The fourth-order valence-corrected chi connectivity index (χ4v) is 5.30. The Kier molecular flexibility index (Phi) is 5.21. The molecule has 0 unspecified atom stereocenters. The van der Waals surface area contributed by atoms with Crippen molar-refractivity contribution in [1.82, 2.24) is 4.72 Å². The van der Waals surface area contributed by atoms with Crippen molar-refractivity contribution in [3.8, 4) is 0 Å². The molecule has 124 valence electrons. The number of rotatable bonds is 4. The maximum atomic E-state index is 12.6. The molecule has 2 rings (SSSR count). The Morgan fingerprint density at radius 2 is 1.77 bits per heavy atom. The van der Waals surface area contributed by atoms with E-state index in [0.29, 0.717) is 0 Å². The third-order valence-electron chi connectivity index (χ3n) is 4.04. The topological polar surface area (TPSA) is 80.3 Å². The van der Waals surface area contributed by atoms with Crippen molar-refractivity contribution in [1.29, 1.82) is 0 Å². The fourth-order valence-electron chi connectivity index (χ4n) is 2.67. The monoisotopic (exact) mass is 365 g/mol. The molecule has 8 heteroatoms. The lowest BCUT2D eigenvalue weighted by atomic mass is 9.87. The fraction of sp³-hybridized carbons (Fsp3) is 0.571. The largest absolute Gasteiger partial charge is 0.242 e. The Balaban J connectivity index is 2.36. The van der Waals surface area contributed by atoms with E-state index < -0.39 is 19.9 Å². The van der Waals surface area contributed by atoms with Gasteiger partial charge in [0.1, 0.15) is 4.90 Å². The van der Waals surface area contributed by atoms with Crippen LogP contribution in [0.5, 0.6) is 0 Å². The maximum Gasteiger partial charge on any atom is 0.242 e. The highest BCUT2D eigenvalue weighted by Gasteiger charge is 2.28. The van der Waals surface area contributed by atoms with Gasteiger partial charge in [-0.2, -0.15) is 0 Å². The van der Waals surface area contributed by atoms with Crippen LogP contribution in [0.1, 0.15) is 32.6 Å². The van der Waals surface area contributed by atoms with Gasteiger partial charge >= 0.3 is 0 Å². The average Bonchev–Trinajstić information content (AvgIpc) is 2.40. The van der Waals surface area contributed by atoms with Gasteiger partial charge in [-0.15, -0.1) is 0 Å². The summed E-state index contributed by atoms with van der Waals surface area (Å²) in [5.74, 6) is 0.250. The Labute approximate surface area is 137 Å². The third kappa shape index (κ3) is 4.01. The van der Waals surface area contributed by atoms with Gasteiger partial charge in [-0.05, 0) is 37.0 Å². The molecule has 0 amide bonds. The van der Waals surface area contributed by atoms with Crippen LogP contribution in [-0.2, 0) is 19.9 Å². The van der Waals surface area contributed by atoms with Crippen LogP contribution in [0, 0.1) is 5.92 Å². The molecule has 1 aliphatic carbocycles. The van der Waals surface area contributed by atoms with E-state index in [1.165, 1.54) is 12.1 Å². The smallest absolute Gasteiger partial charge is 0.224 e. The zero-order valence-corrected chi connectivity index (χ0v) is 14.9. The summed E-state index contributed by atoms with van der Waals surface area (Å²) in [4.78, 5) is -0.246. The summed E-state index contributed by atoms with van der Waals surface area (Å²) in [6, 6.07) is 3.58. The summed E-state index contributed by atoms with van der Waals surface area (Å²) < 4.78 is 51.0. The molecule has 1 aromatic carbocycles. The highest BCUT2D eigenvalue weighted by Crippen LogP contribution is 2.28. The number of sulfonamides is 1. The summed E-state index contributed by atoms with van der Waals surface area (Å²) in [5, 5.41) is 0.0170. The second kappa shape index (κ2) is 6.47. The van der Waals surface area contributed by atoms with Crippen LogP contribution in [0.2, 0.25) is 5.02 Å². The standard InChI is InChI=1S/C14H20ClNO4S2/c1-10-5-3-4-6-13(10)16-22(19,20)14-9-11(21(2,17)18)7-8-12(14)15/h7-10,13,16H,3-6H2,1-2H3/t10-,13-/m1/s1. The van der Waals surface area contributed by atoms with E-state index in [4.69, 9.17) is 11.6 Å². The molecule has 0 heterocycles. The summed E-state index contributed by atoms with van der Waals surface area (Å²) >= 11 is 5.97. The van der Waals surface area contributed by atoms with E-state index in [2.05, 4.69) is 4.72 Å². The van der Waals surface area contributed by atoms with Crippen molar-refractivity contribution < 1.29 is 16.8 Å². The lowest BCUT2D eigenvalue weighted by Gasteiger charge is -2.29. The van der Waals surface area contributed by atoms with Gasteiger partial charge in [-0.25, -0.2) is 21.6 Å².